The highest BCUT2D eigenvalue weighted by atomic mass is 35.5. The second kappa shape index (κ2) is 3.29. The Morgan fingerprint density at radius 3 is 2.55 bits per heavy atom. The van der Waals surface area contributed by atoms with E-state index in [4.69, 9.17) is 23.2 Å². The fraction of sp³-hybridized carbons (Fsp3) is 0.111. The molecule has 0 heterocycles. The first-order chi connectivity index (χ1) is 5.11. The first kappa shape index (κ1) is 8.63. The summed E-state index contributed by atoms with van der Waals surface area (Å²) in [7, 11) is 0. The highest BCUT2D eigenvalue weighted by Crippen LogP contribution is 2.26. The summed E-state index contributed by atoms with van der Waals surface area (Å²) in [6.45, 7) is 5.64. The summed E-state index contributed by atoms with van der Waals surface area (Å²) in [6.07, 6.45) is 5.43. The van der Waals surface area contributed by atoms with Gasteiger partial charge in [-0.15, -0.1) is 0 Å². The Balaban J connectivity index is 3.16. The zero-order valence-corrected chi connectivity index (χ0v) is 7.71. The SMILES string of the molecule is C=C1C=CC(Cl)=C(C)C(Cl)=C1. The van der Waals surface area contributed by atoms with E-state index in [0.717, 1.165) is 11.1 Å². The molecule has 2 heteroatoms. The van der Waals surface area contributed by atoms with Crippen LogP contribution < -0.4 is 0 Å². The first-order valence-electron chi connectivity index (χ1n) is 3.22. The molecule has 0 aromatic heterocycles. The van der Waals surface area contributed by atoms with Crippen molar-refractivity contribution in [2.75, 3.05) is 0 Å². The van der Waals surface area contributed by atoms with Crippen molar-refractivity contribution in [3.8, 4) is 0 Å². The van der Waals surface area contributed by atoms with Crippen LogP contribution in [0.15, 0.2) is 46.0 Å². The molecule has 1 rings (SSSR count). The monoisotopic (exact) mass is 186 g/mol. The Kier molecular flexibility index (Phi) is 2.58. The van der Waals surface area contributed by atoms with Gasteiger partial charge >= 0.3 is 0 Å². The molecule has 0 spiro atoms. The standard InChI is InChI=1S/C9H8Cl2/c1-6-3-4-8(10)7(2)9(11)5-6/h3-5H,1H2,2H3. The van der Waals surface area contributed by atoms with Crippen LogP contribution in [-0.4, -0.2) is 0 Å². The van der Waals surface area contributed by atoms with E-state index in [9.17, 15) is 0 Å². The van der Waals surface area contributed by atoms with E-state index in [2.05, 4.69) is 6.58 Å². The molecule has 0 fully saturated rings. The summed E-state index contributed by atoms with van der Waals surface area (Å²) in [5.41, 5.74) is 1.76. The van der Waals surface area contributed by atoms with Gasteiger partial charge in [-0.25, -0.2) is 0 Å². The van der Waals surface area contributed by atoms with Crippen LogP contribution in [0.3, 0.4) is 0 Å². The summed E-state index contributed by atoms with van der Waals surface area (Å²) < 4.78 is 0. The van der Waals surface area contributed by atoms with Gasteiger partial charge in [0.1, 0.15) is 0 Å². The van der Waals surface area contributed by atoms with Gasteiger partial charge in [0.05, 0.1) is 0 Å². The molecule has 0 radical (unpaired) electrons. The van der Waals surface area contributed by atoms with E-state index in [1.807, 2.05) is 13.0 Å². The minimum Gasteiger partial charge on any atom is -0.0917 e. The van der Waals surface area contributed by atoms with Crippen molar-refractivity contribution in [1.82, 2.24) is 0 Å². The zero-order valence-electron chi connectivity index (χ0n) is 6.20. The Hall–Kier alpha value is -0.460. The van der Waals surface area contributed by atoms with Gasteiger partial charge in [0, 0.05) is 10.1 Å². The predicted octanol–water partition coefficient (Wildman–Crippen LogP) is 3.75. The molecule has 0 nitrogen and oxygen atoms in total. The summed E-state index contributed by atoms with van der Waals surface area (Å²) in [5.74, 6) is 0. The van der Waals surface area contributed by atoms with Crippen LogP contribution >= 0.6 is 23.2 Å². The second-order valence-corrected chi connectivity index (χ2v) is 3.19. The summed E-state index contributed by atoms with van der Waals surface area (Å²) in [5, 5.41) is 1.33. The van der Waals surface area contributed by atoms with Crippen LogP contribution in [0.2, 0.25) is 0 Å². The van der Waals surface area contributed by atoms with E-state index in [1.54, 1.807) is 12.2 Å². The van der Waals surface area contributed by atoms with Crippen LogP contribution in [0.5, 0.6) is 0 Å². The molecule has 0 saturated heterocycles. The molecule has 0 aromatic rings. The van der Waals surface area contributed by atoms with Gasteiger partial charge in [-0.05, 0) is 30.2 Å². The molecule has 11 heavy (non-hydrogen) atoms. The molecule has 0 saturated carbocycles. The van der Waals surface area contributed by atoms with Crippen molar-refractivity contribution in [1.29, 1.82) is 0 Å². The maximum atomic E-state index is 5.88. The van der Waals surface area contributed by atoms with Crippen molar-refractivity contribution in [3.05, 3.63) is 46.0 Å². The fourth-order valence-corrected chi connectivity index (χ4v) is 1.19. The first-order valence-corrected chi connectivity index (χ1v) is 3.98. The van der Waals surface area contributed by atoms with Gasteiger partial charge < -0.3 is 0 Å². The summed E-state index contributed by atoms with van der Waals surface area (Å²) in [4.78, 5) is 0. The Bertz CT molecular complexity index is 280. The lowest BCUT2D eigenvalue weighted by atomic mass is 10.2. The highest BCUT2D eigenvalue weighted by Gasteiger charge is 2.03. The lowest BCUT2D eigenvalue weighted by Gasteiger charge is -1.96. The van der Waals surface area contributed by atoms with Crippen molar-refractivity contribution in [3.63, 3.8) is 0 Å². The molecule has 0 amide bonds. The average molecular weight is 187 g/mol. The second-order valence-electron chi connectivity index (χ2n) is 2.37. The molecular formula is C9H8Cl2. The number of rotatable bonds is 0. The van der Waals surface area contributed by atoms with Gasteiger partial charge in [0.25, 0.3) is 0 Å². The molecule has 0 unspecified atom stereocenters. The lowest BCUT2D eigenvalue weighted by molar-refractivity contribution is 1.48. The van der Waals surface area contributed by atoms with Crippen molar-refractivity contribution in [2.45, 2.75) is 6.92 Å². The third-order valence-corrected chi connectivity index (χ3v) is 2.27. The maximum Gasteiger partial charge on any atom is 0.0455 e. The van der Waals surface area contributed by atoms with Crippen molar-refractivity contribution < 1.29 is 0 Å². The van der Waals surface area contributed by atoms with E-state index < -0.39 is 0 Å². The Morgan fingerprint density at radius 1 is 1.27 bits per heavy atom. The molecular weight excluding hydrogens is 179 g/mol. The third kappa shape index (κ3) is 1.98. The zero-order chi connectivity index (χ0) is 8.43. The largest absolute Gasteiger partial charge is 0.0917 e. The quantitative estimate of drug-likeness (QED) is 0.541. The molecule has 0 atom stereocenters. The summed E-state index contributed by atoms with van der Waals surface area (Å²) in [6, 6.07) is 0. The number of hydrogen-bond donors (Lipinski definition) is 0. The normalized spacial score (nSPS) is 18.5. The smallest absolute Gasteiger partial charge is 0.0455 e. The molecule has 58 valence electrons. The van der Waals surface area contributed by atoms with Gasteiger partial charge in [0.15, 0.2) is 0 Å². The highest BCUT2D eigenvalue weighted by molar-refractivity contribution is 6.36. The van der Waals surface area contributed by atoms with Crippen LogP contribution in [0.25, 0.3) is 0 Å². The lowest BCUT2D eigenvalue weighted by Crippen LogP contribution is -1.76. The fourth-order valence-electron chi connectivity index (χ4n) is 0.738. The molecule has 0 bridgehead atoms. The van der Waals surface area contributed by atoms with Gasteiger partial charge in [-0.2, -0.15) is 0 Å². The Labute approximate surface area is 76.5 Å². The Morgan fingerprint density at radius 2 is 1.91 bits per heavy atom. The topological polar surface area (TPSA) is 0 Å². The summed E-state index contributed by atoms with van der Waals surface area (Å²) >= 11 is 11.7. The van der Waals surface area contributed by atoms with Crippen LogP contribution in [0, 0.1) is 0 Å². The van der Waals surface area contributed by atoms with Crippen molar-refractivity contribution in [2.24, 2.45) is 0 Å². The van der Waals surface area contributed by atoms with E-state index in [1.165, 1.54) is 0 Å². The van der Waals surface area contributed by atoms with Gasteiger partial charge in [-0.3, -0.25) is 0 Å². The van der Waals surface area contributed by atoms with Crippen molar-refractivity contribution >= 4 is 23.2 Å². The predicted molar refractivity (Wildman–Crippen MR) is 50.8 cm³/mol. The average Bonchev–Trinajstić information content (AvgIpc) is 2.05. The molecule has 0 aromatic carbocycles. The maximum absolute atomic E-state index is 5.88. The molecule has 0 aliphatic heterocycles. The molecule has 1 aliphatic carbocycles. The van der Waals surface area contributed by atoms with E-state index >= 15 is 0 Å². The minimum absolute atomic E-state index is 0.657. The molecule has 0 N–H and O–H groups in total. The third-order valence-electron chi connectivity index (χ3n) is 1.47. The number of allylic oxidation sites excluding steroid dienone is 7. The van der Waals surface area contributed by atoms with Crippen LogP contribution in [0.1, 0.15) is 6.92 Å². The van der Waals surface area contributed by atoms with E-state index in [0.29, 0.717) is 10.1 Å². The van der Waals surface area contributed by atoms with E-state index in [-0.39, 0.29) is 0 Å². The van der Waals surface area contributed by atoms with Gasteiger partial charge in [0.2, 0.25) is 0 Å². The minimum atomic E-state index is 0.657. The van der Waals surface area contributed by atoms with Crippen LogP contribution in [-0.2, 0) is 0 Å². The number of halogens is 2. The van der Waals surface area contributed by atoms with Crippen LogP contribution in [0.4, 0.5) is 0 Å². The molecule has 1 aliphatic rings. The van der Waals surface area contributed by atoms with Gasteiger partial charge in [-0.1, -0.05) is 35.9 Å². The number of hydrogen-bond acceptors (Lipinski definition) is 0.